The molecule has 0 radical (unpaired) electrons. The third kappa shape index (κ3) is 1.98. The Kier molecular flexibility index (Phi) is 2.80. The average Bonchev–Trinajstić information content (AvgIpc) is 2.16. The molecule has 0 bridgehead atoms. The third-order valence-corrected chi connectivity index (χ3v) is 1.80. The third-order valence-electron chi connectivity index (χ3n) is 1.80. The number of rotatable bonds is 3. The fraction of sp³-hybridized carbons (Fsp3) is 0.111. The lowest BCUT2D eigenvalue weighted by Crippen LogP contribution is -2.07. The Bertz CT molecular complexity index is 427. The number of carbonyl (C=O) groups is 2. The van der Waals surface area contributed by atoms with E-state index in [-0.39, 0.29) is 22.6 Å². The molecule has 0 amide bonds. The van der Waals surface area contributed by atoms with Gasteiger partial charge in [-0.1, -0.05) is 0 Å². The molecule has 1 aromatic carbocycles. The van der Waals surface area contributed by atoms with Crippen LogP contribution in [0.3, 0.4) is 0 Å². The van der Waals surface area contributed by atoms with Crippen LogP contribution in [0.4, 0.5) is 5.69 Å². The molecule has 0 fully saturated rings. The first-order valence-electron chi connectivity index (χ1n) is 3.91. The number of aromatic carboxylic acids is 2. The number of methoxy groups -OCH3 is 1. The standard InChI is InChI=1S/C9H9NO5/c1-15-7-5(9(13)14)2-4(8(11)12)3-6(7)10/h2-3H,10H2,1H3,(H,11,12)(H,13,14). The molecule has 1 rings (SSSR count). The van der Waals surface area contributed by atoms with Gasteiger partial charge in [0.1, 0.15) is 5.56 Å². The molecule has 15 heavy (non-hydrogen) atoms. The summed E-state index contributed by atoms with van der Waals surface area (Å²) in [6.07, 6.45) is 0. The summed E-state index contributed by atoms with van der Waals surface area (Å²) in [6, 6.07) is 2.15. The minimum absolute atomic E-state index is 0.0187. The minimum Gasteiger partial charge on any atom is -0.494 e. The molecule has 1 aromatic rings. The number of nitrogens with two attached hydrogens (primary N) is 1. The zero-order valence-corrected chi connectivity index (χ0v) is 7.85. The summed E-state index contributed by atoms with van der Waals surface area (Å²) in [6.45, 7) is 0. The number of benzene rings is 1. The maximum absolute atomic E-state index is 10.8. The topological polar surface area (TPSA) is 110 Å². The summed E-state index contributed by atoms with van der Waals surface area (Å²) in [5.41, 5.74) is 4.98. The minimum atomic E-state index is -1.29. The summed E-state index contributed by atoms with van der Waals surface area (Å²) in [7, 11) is 1.26. The molecular formula is C9H9NO5. The van der Waals surface area contributed by atoms with Gasteiger partial charge in [0.15, 0.2) is 5.75 Å². The van der Waals surface area contributed by atoms with E-state index >= 15 is 0 Å². The van der Waals surface area contributed by atoms with E-state index in [1.165, 1.54) is 7.11 Å². The zero-order chi connectivity index (χ0) is 11.6. The van der Waals surface area contributed by atoms with E-state index in [0.29, 0.717) is 0 Å². The van der Waals surface area contributed by atoms with Gasteiger partial charge in [0.25, 0.3) is 0 Å². The van der Waals surface area contributed by atoms with Crippen molar-refractivity contribution < 1.29 is 24.5 Å². The summed E-state index contributed by atoms with van der Waals surface area (Å²) in [5, 5.41) is 17.5. The van der Waals surface area contributed by atoms with E-state index in [1.807, 2.05) is 0 Å². The van der Waals surface area contributed by atoms with Gasteiger partial charge in [0, 0.05) is 0 Å². The number of carboxylic acids is 2. The molecule has 4 N–H and O–H groups in total. The first-order chi connectivity index (χ1) is 6.97. The van der Waals surface area contributed by atoms with Crippen molar-refractivity contribution in [3.8, 4) is 5.75 Å². The number of carboxylic acid groups (broad SMARTS) is 2. The molecule has 0 unspecified atom stereocenters. The normalized spacial score (nSPS) is 9.67. The lowest BCUT2D eigenvalue weighted by molar-refractivity contribution is 0.0693. The predicted molar refractivity (Wildman–Crippen MR) is 51.3 cm³/mol. The maximum Gasteiger partial charge on any atom is 0.339 e. The van der Waals surface area contributed by atoms with Gasteiger partial charge in [-0.3, -0.25) is 0 Å². The summed E-state index contributed by atoms with van der Waals surface area (Å²) >= 11 is 0. The second-order valence-electron chi connectivity index (χ2n) is 2.76. The van der Waals surface area contributed by atoms with Crippen molar-refractivity contribution in [3.63, 3.8) is 0 Å². The second-order valence-corrected chi connectivity index (χ2v) is 2.76. The lowest BCUT2D eigenvalue weighted by Gasteiger charge is -2.08. The van der Waals surface area contributed by atoms with E-state index in [2.05, 4.69) is 0 Å². The van der Waals surface area contributed by atoms with E-state index in [1.54, 1.807) is 0 Å². The lowest BCUT2D eigenvalue weighted by atomic mass is 10.1. The molecule has 0 heterocycles. The van der Waals surface area contributed by atoms with Gasteiger partial charge in [-0.2, -0.15) is 0 Å². The van der Waals surface area contributed by atoms with Crippen molar-refractivity contribution in [3.05, 3.63) is 23.3 Å². The molecule has 6 nitrogen and oxygen atoms in total. The van der Waals surface area contributed by atoms with Crippen molar-refractivity contribution in [1.82, 2.24) is 0 Å². The van der Waals surface area contributed by atoms with Crippen LogP contribution in [0.2, 0.25) is 0 Å². The Morgan fingerprint density at radius 1 is 1.27 bits per heavy atom. The zero-order valence-electron chi connectivity index (χ0n) is 7.85. The SMILES string of the molecule is COc1c(N)cc(C(=O)O)cc1C(=O)O. The van der Waals surface area contributed by atoms with E-state index in [0.717, 1.165) is 12.1 Å². The van der Waals surface area contributed by atoms with Gasteiger partial charge in [-0.05, 0) is 12.1 Å². The van der Waals surface area contributed by atoms with Gasteiger partial charge in [-0.25, -0.2) is 9.59 Å². The van der Waals surface area contributed by atoms with E-state index in [4.69, 9.17) is 20.7 Å². The van der Waals surface area contributed by atoms with Crippen molar-refractivity contribution in [2.24, 2.45) is 0 Å². The van der Waals surface area contributed by atoms with Crippen LogP contribution in [0.15, 0.2) is 12.1 Å². The average molecular weight is 211 g/mol. The largest absolute Gasteiger partial charge is 0.494 e. The van der Waals surface area contributed by atoms with E-state index < -0.39 is 11.9 Å². The van der Waals surface area contributed by atoms with Gasteiger partial charge in [-0.15, -0.1) is 0 Å². The summed E-state index contributed by atoms with van der Waals surface area (Å²) in [4.78, 5) is 21.4. The Morgan fingerprint density at radius 2 is 1.87 bits per heavy atom. The number of hydrogen-bond acceptors (Lipinski definition) is 4. The molecule has 80 valence electrons. The van der Waals surface area contributed by atoms with Crippen LogP contribution in [0.25, 0.3) is 0 Å². The molecular weight excluding hydrogens is 202 g/mol. The van der Waals surface area contributed by atoms with Gasteiger partial charge >= 0.3 is 11.9 Å². The van der Waals surface area contributed by atoms with Crippen molar-refractivity contribution in [2.45, 2.75) is 0 Å². The van der Waals surface area contributed by atoms with Gasteiger partial charge in [0.2, 0.25) is 0 Å². The molecule has 0 atom stereocenters. The number of hydrogen-bond donors (Lipinski definition) is 3. The molecule has 0 aromatic heterocycles. The number of nitrogen functional groups attached to an aromatic ring is 1. The van der Waals surface area contributed by atoms with Crippen LogP contribution in [-0.4, -0.2) is 29.3 Å². The van der Waals surface area contributed by atoms with Crippen LogP contribution in [0, 0.1) is 0 Å². The predicted octanol–water partition coefficient (Wildman–Crippen LogP) is 0.674. The number of anilines is 1. The molecule has 0 spiro atoms. The molecule has 0 saturated carbocycles. The first-order valence-corrected chi connectivity index (χ1v) is 3.91. The Labute approximate surface area is 84.9 Å². The van der Waals surface area contributed by atoms with Crippen LogP contribution in [0.1, 0.15) is 20.7 Å². The molecule has 6 heteroatoms. The molecule has 0 aliphatic rings. The smallest absolute Gasteiger partial charge is 0.339 e. The maximum atomic E-state index is 10.8. The van der Waals surface area contributed by atoms with E-state index in [9.17, 15) is 9.59 Å². The van der Waals surface area contributed by atoms with Gasteiger partial charge < -0.3 is 20.7 Å². The summed E-state index contributed by atoms with van der Waals surface area (Å²) < 4.78 is 4.77. The highest BCUT2D eigenvalue weighted by atomic mass is 16.5. The Balaban J connectivity index is 3.45. The molecule has 0 saturated heterocycles. The van der Waals surface area contributed by atoms with Gasteiger partial charge in [0.05, 0.1) is 18.4 Å². The highest BCUT2D eigenvalue weighted by Crippen LogP contribution is 2.28. The van der Waals surface area contributed by atoms with Crippen LogP contribution >= 0.6 is 0 Å². The molecule has 0 aliphatic carbocycles. The molecule has 0 aliphatic heterocycles. The number of ether oxygens (including phenoxy) is 1. The Morgan fingerprint density at radius 3 is 2.27 bits per heavy atom. The quantitative estimate of drug-likeness (QED) is 0.634. The summed E-state index contributed by atoms with van der Waals surface area (Å²) in [5.74, 6) is -2.57. The monoisotopic (exact) mass is 211 g/mol. The fourth-order valence-electron chi connectivity index (χ4n) is 1.16. The van der Waals surface area contributed by atoms with Crippen LogP contribution < -0.4 is 10.5 Å². The fourth-order valence-corrected chi connectivity index (χ4v) is 1.16. The Hall–Kier alpha value is -2.24. The van der Waals surface area contributed by atoms with Crippen molar-refractivity contribution in [2.75, 3.05) is 12.8 Å². The van der Waals surface area contributed by atoms with Crippen LogP contribution in [0.5, 0.6) is 5.75 Å². The second kappa shape index (κ2) is 3.87. The van der Waals surface area contributed by atoms with Crippen molar-refractivity contribution in [1.29, 1.82) is 0 Å². The highest BCUT2D eigenvalue weighted by Gasteiger charge is 2.17. The highest BCUT2D eigenvalue weighted by molar-refractivity contribution is 5.98. The van der Waals surface area contributed by atoms with Crippen molar-refractivity contribution >= 4 is 17.6 Å². The van der Waals surface area contributed by atoms with Crippen LogP contribution in [-0.2, 0) is 0 Å². The first kappa shape index (κ1) is 10.8.